The van der Waals surface area contributed by atoms with Crippen LogP contribution in [0.5, 0.6) is 11.5 Å². The number of aromatic nitrogens is 1. The van der Waals surface area contributed by atoms with E-state index >= 15 is 0 Å². The van der Waals surface area contributed by atoms with Crippen LogP contribution < -0.4 is 19.5 Å². The van der Waals surface area contributed by atoms with Crippen LogP contribution in [0.2, 0.25) is 0 Å². The van der Waals surface area contributed by atoms with Gasteiger partial charge in [0.05, 0.1) is 19.4 Å². The van der Waals surface area contributed by atoms with E-state index in [-0.39, 0.29) is 22.3 Å². The summed E-state index contributed by atoms with van der Waals surface area (Å²) in [7, 11) is -2.40. The van der Waals surface area contributed by atoms with E-state index in [2.05, 4.69) is 15.0 Å². The van der Waals surface area contributed by atoms with Gasteiger partial charge in [-0.2, -0.15) is 0 Å². The Balaban J connectivity index is 1.56. The number of nitrogens with zero attached hydrogens (tertiary/aromatic N) is 1. The largest absolute Gasteiger partial charge is 0.495 e. The first-order valence-electron chi connectivity index (χ1n) is 10.1. The van der Waals surface area contributed by atoms with Crippen LogP contribution in [0.4, 0.5) is 5.13 Å². The molecule has 3 aromatic rings. The van der Waals surface area contributed by atoms with Crippen molar-refractivity contribution in [2.45, 2.75) is 30.7 Å². The number of anilines is 1. The number of sulfonamides is 1. The van der Waals surface area contributed by atoms with Crippen LogP contribution in [0.1, 0.15) is 30.1 Å². The SMILES string of the molecule is CCOc1ccccc1-c1csc(NC(=O)c2ccc(OC)c(S(=O)(=O)NC3CC3)c2)n1. The topological polar surface area (TPSA) is 107 Å². The molecule has 0 spiro atoms. The summed E-state index contributed by atoms with van der Waals surface area (Å²) in [6, 6.07) is 11.8. The number of carbonyl (C=O) groups is 1. The summed E-state index contributed by atoms with van der Waals surface area (Å²) < 4.78 is 38.9. The molecule has 0 aliphatic heterocycles. The third-order valence-corrected chi connectivity index (χ3v) is 7.10. The van der Waals surface area contributed by atoms with Crippen molar-refractivity contribution >= 4 is 32.4 Å². The molecule has 1 amide bonds. The van der Waals surface area contributed by atoms with E-state index in [0.29, 0.717) is 23.2 Å². The van der Waals surface area contributed by atoms with Crippen LogP contribution in [0.3, 0.4) is 0 Å². The average molecular weight is 474 g/mol. The predicted molar refractivity (Wildman–Crippen MR) is 123 cm³/mol. The minimum atomic E-state index is -3.79. The molecule has 1 aromatic heterocycles. The van der Waals surface area contributed by atoms with Gasteiger partial charge in [-0.25, -0.2) is 18.1 Å². The smallest absolute Gasteiger partial charge is 0.257 e. The van der Waals surface area contributed by atoms with Crippen molar-refractivity contribution < 1.29 is 22.7 Å². The van der Waals surface area contributed by atoms with Gasteiger partial charge in [0.1, 0.15) is 16.4 Å². The molecule has 1 saturated carbocycles. The molecule has 1 aliphatic rings. The molecule has 2 aromatic carbocycles. The number of hydrogen-bond donors (Lipinski definition) is 2. The van der Waals surface area contributed by atoms with E-state index in [9.17, 15) is 13.2 Å². The molecule has 0 atom stereocenters. The summed E-state index contributed by atoms with van der Waals surface area (Å²) in [6.45, 7) is 2.44. The second-order valence-corrected chi connectivity index (χ2v) is 9.72. The van der Waals surface area contributed by atoms with Crippen molar-refractivity contribution in [2.24, 2.45) is 0 Å². The lowest BCUT2D eigenvalue weighted by Crippen LogP contribution is -2.26. The van der Waals surface area contributed by atoms with Gasteiger partial charge in [0.15, 0.2) is 5.13 Å². The van der Waals surface area contributed by atoms with Gasteiger partial charge in [-0.05, 0) is 50.1 Å². The summed E-state index contributed by atoms with van der Waals surface area (Å²) in [5.41, 5.74) is 1.70. The highest BCUT2D eigenvalue weighted by atomic mass is 32.2. The minimum Gasteiger partial charge on any atom is -0.495 e. The van der Waals surface area contributed by atoms with E-state index in [0.717, 1.165) is 18.4 Å². The fraction of sp³-hybridized carbons (Fsp3) is 0.273. The van der Waals surface area contributed by atoms with E-state index < -0.39 is 15.9 Å². The molecule has 1 heterocycles. The van der Waals surface area contributed by atoms with Crippen molar-refractivity contribution in [3.8, 4) is 22.8 Å². The zero-order valence-electron chi connectivity index (χ0n) is 17.6. The van der Waals surface area contributed by atoms with Crippen molar-refractivity contribution in [3.05, 3.63) is 53.4 Å². The fourth-order valence-electron chi connectivity index (χ4n) is 3.10. The Morgan fingerprint density at radius 1 is 1.19 bits per heavy atom. The Labute approximate surface area is 190 Å². The van der Waals surface area contributed by atoms with Gasteiger partial charge in [-0.3, -0.25) is 10.1 Å². The molecule has 0 radical (unpaired) electrons. The maximum atomic E-state index is 12.8. The first-order valence-corrected chi connectivity index (χ1v) is 12.5. The molecule has 2 N–H and O–H groups in total. The van der Waals surface area contributed by atoms with Crippen LogP contribution in [-0.4, -0.2) is 39.1 Å². The normalized spacial score (nSPS) is 13.6. The first-order chi connectivity index (χ1) is 15.4. The zero-order valence-corrected chi connectivity index (χ0v) is 19.3. The van der Waals surface area contributed by atoms with Gasteiger partial charge in [0.2, 0.25) is 10.0 Å². The lowest BCUT2D eigenvalue weighted by atomic mass is 10.1. The van der Waals surface area contributed by atoms with E-state index in [1.54, 1.807) is 0 Å². The number of para-hydroxylation sites is 1. The Morgan fingerprint density at radius 3 is 2.69 bits per heavy atom. The Bertz CT molecular complexity index is 1240. The van der Waals surface area contributed by atoms with E-state index in [1.807, 2.05) is 36.6 Å². The van der Waals surface area contributed by atoms with Crippen LogP contribution in [0.25, 0.3) is 11.3 Å². The lowest BCUT2D eigenvalue weighted by molar-refractivity contribution is 0.102. The fourth-order valence-corrected chi connectivity index (χ4v) is 5.30. The van der Waals surface area contributed by atoms with Crippen molar-refractivity contribution in [2.75, 3.05) is 19.0 Å². The van der Waals surface area contributed by atoms with E-state index in [1.165, 1.54) is 36.6 Å². The van der Waals surface area contributed by atoms with Gasteiger partial charge in [0, 0.05) is 22.5 Å². The summed E-state index contributed by atoms with van der Waals surface area (Å²) >= 11 is 1.27. The number of thiazole rings is 1. The van der Waals surface area contributed by atoms with Gasteiger partial charge >= 0.3 is 0 Å². The number of amides is 1. The molecule has 10 heteroatoms. The number of nitrogens with one attached hydrogen (secondary N) is 2. The highest BCUT2D eigenvalue weighted by Crippen LogP contribution is 2.33. The summed E-state index contributed by atoms with van der Waals surface area (Å²) in [6.07, 6.45) is 1.61. The monoisotopic (exact) mass is 473 g/mol. The number of methoxy groups -OCH3 is 1. The Morgan fingerprint density at radius 2 is 1.97 bits per heavy atom. The quantitative estimate of drug-likeness (QED) is 0.488. The number of rotatable bonds is 9. The number of benzene rings is 2. The van der Waals surface area contributed by atoms with Crippen LogP contribution >= 0.6 is 11.3 Å². The Hall–Kier alpha value is -2.95. The van der Waals surface area contributed by atoms with Crippen LogP contribution in [0, 0.1) is 0 Å². The number of hydrogen-bond acceptors (Lipinski definition) is 7. The van der Waals surface area contributed by atoms with Gasteiger partial charge < -0.3 is 9.47 Å². The molecule has 168 valence electrons. The minimum absolute atomic E-state index is 0.0597. The van der Waals surface area contributed by atoms with Crippen molar-refractivity contribution in [3.63, 3.8) is 0 Å². The summed E-state index contributed by atoms with van der Waals surface area (Å²) in [5.74, 6) is 0.430. The third kappa shape index (κ3) is 4.93. The summed E-state index contributed by atoms with van der Waals surface area (Å²) in [5, 5.41) is 4.97. The maximum Gasteiger partial charge on any atom is 0.257 e. The molecule has 8 nitrogen and oxygen atoms in total. The Kier molecular flexibility index (Phi) is 6.45. The predicted octanol–water partition coefficient (Wildman–Crippen LogP) is 3.91. The zero-order chi connectivity index (χ0) is 22.7. The molecule has 4 rings (SSSR count). The molecular weight excluding hydrogens is 450 g/mol. The first kappa shape index (κ1) is 22.3. The third-order valence-electron chi connectivity index (χ3n) is 4.80. The highest BCUT2D eigenvalue weighted by Gasteiger charge is 2.30. The van der Waals surface area contributed by atoms with Crippen LogP contribution in [-0.2, 0) is 10.0 Å². The molecule has 0 saturated heterocycles. The van der Waals surface area contributed by atoms with Crippen LogP contribution in [0.15, 0.2) is 52.7 Å². The summed E-state index contributed by atoms with van der Waals surface area (Å²) in [4.78, 5) is 17.2. The molecule has 32 heavy (non-hydrogen) atoms. The molecule has 0 bridgehead atoms. The molecular formula is C22H23N3O5S2. The average Bonchev–Trinajstić information content (AvgIpc) is 3.47. The van der Waals surface area contributed by atoms with Gasteiger partial charge in [-0.1, -0.05) is 12.1 Å². The standard InChI is InChI=1S/C22H23N3O5S2/c1-3-30-18-7-5-4-6-16(18)17-13-31-22(23-17)24-21(26)14-8-11-19(29-2)20(12-14)32(27,28)25-15-9-10-15/h4-8,11-13,15,25H,3,9-10H2,1-2H3,(H,23,24,26). The number of ether oxygens (including phenoxy) is 2. The second-order valence-electron chi connectivity index (χ2n) is 7.18. The van der Waals surface area contributed by atoms with Gasteiger partial charge in [-0.15, -0.1) is 11.3 Å². The lowest BCUT2D eigenvalue weighted by Gasteiger charge is -2.12. The number of carbonyl (C=O) groups excluding carboxylic acids is 1. The van der Waals surface area contributed by atoms with E-state index in [4.69, 9.17) is 9.47 Å². The highest BCUT2D eigenvalue weighted by molar-refractivity contribution is 7.89. The molecule has 0 unspecified atom stereocenters. The molecule has 1 aliphatic carbocycles. The molecule has 1 fully saturated rings. The van der Waals surface area contributed by atoms with Gasteiger partial charge in [0.25, 0.3) is 5.91 Å². The second kappa shape index (κ2) is 9.27. The maximum absolute atomic E-state index is 12.8. The van der Waals surface area contributed by atoms with Crippen molar-refractivity contribution in [1.29, 1.82) is 0 Å². The van der Waals surface area contributed by atoms with Crippen molar-refractivity contribution in [1.82, 2.24) is 9.71 Å².